The molecule has 2 unspecified atom stereocenters. The lowest BCUT2D eigenvalue weighted by Crippen LogP contribution is -2.19. The zero-order valence-electron chi connectivity index (χ0n) is 8.75. The van der Waals surface area contributed by atoms with E-state index in [-0.39, 0.29) is 22.7 Å². The fourth-order valence-electron chi connectivity index (χ4n) is 1.29. The van der Waals surface area contributed by atoms with Gasteiger partial charge in [-0.1, -0.05) is 11.6 Å². The van der Waals surface area contributed by atoms with Gasteiger partial charge in [-0.2, -0.15) is 12.6 Å². The summed E-state index contributed by atoms with van der Waals surface area (Å²) in [5.41, 5.74) is 0.00220. The van der Waals surface area contributed by atoms with Crippen LogP contribution in [0.2, 0.25) is 5.15 Å². The van der Waals surface area contributed by atoms with E-state index in [1.807, 2.05) is 0 Å². The normalized spacial score (nSPS) is 14.4. The Morgan fingerprint density at radius 2 is 2.18 bits per heavy atom. The summed E-state index contributed by atoms with van der Waals surface area (Å²) < 4.78 is 0. The molecule has 94 valence electrons. The first-order chi connectivity index (χ1) is 7.97. The molecular weight excluding hydrogens is 266 g/mol. The van der Waals surface area contributed by atoms with E-state index < -0.39 is 18.2 Å². The molecule has 0 spiro atoms. The second-order valence-corrected chi connectivity index (χ2v) is 4.24. The van der Waals surface area contributed by atoms with Gasteiger partial charge in [0.25, 0.3) is 0 Å². The predicted molar refractivity (Wildman–Crippen MR) is 65.6 cm³/mol. The maximum atomic E-state index is 10.8. The number of rotatable bonds is 5. The summed E-state index contributed by atoms with van der Waals surface area (Å²) in [4.78, 5) is 14.5. The predicted octanol–water partition coefficient (Wildman–Crippen LogP) is 1.15. The lowest BCUT2D eigenvalue weighted by Gasteiger charge is -2.17. The van der Waals surface area contributed by atoms with Crippen LogP contribution in [0.1, 0.15) is 28.4 Å². The molecule has 17 heavy (non-hydrogen) atoms. The molecule has 0 aliphatic carbocycles. The maximum absolute atomic E-state index is 10.8. The van der Waals surface area contributed by atoms with Gasteiger partial charge in [-0.3, -0.25) is 0 Å². The second kappa shape index (κ2) is 6.20. The molecule has 2 atom stereocenters. The van der Waals surface area contributed by atoms with E-state index in [2.05, 4.69) is 17.6 Å². The van der Waals surface area contributed by atoms with Crippen LogP contribution in [0, 0.1) is 0 Å². The quantitative estimate of drug-likeness (QED) is 0.479. The minimum Gasteiger partial charge on any atom is -0.478 e. The Labute approximate surface area is 108 Å². The fraction of sp³-hybridized carbons (Fsp3) is 0.400. The van der Waals surface area contributed by atoms with Crippen LogP contribution >= 0.6 is 24.2 Å². The summed E-state index contributed by atoms with van der Waals surface area (Å²) in [6, 6.07) is 1.20. The smallest absolute Gasteiger partial charge is 0.338 e. The van der Waals surface area contributed by atoms with Gasteiger partial charge in [0.15, 0.2) is 0 Å². The van der Waals surface area contributed by atoms with Gasteiger partial charge in [0, 0.05) is 11.8 Å². The summed E-state index contributed by atoms with van der Waals surface area (Å²) in [5, 5.41) is 28.0. The van der Waals surface area contributed by atoms with Crippen molar-refractivity contribution in [3.63, 3.8) is 0 Å². The van der Waals surface area contributed by atoms with Crippen molar-refractivity contribution in [1.29, 1.82) is 0 Å². The van der Waals surface area contributed by atoms with Crippen LogP contribution in [0.5, 0.6) is 0 Å². The van der Waals surface area contributed by atoms with E-state index in [1.54, 1.807) is 0 Å². The topological polar surface area (TPSA) is 90.7 Å². The van der Waals surface area contributed by atoms with Crippen molar-refractivity contribution in [1.82, 2.24) is 4.98 Å². The van der Waals surface area contributed by atoms with Crippen LogP contribution < -0.4 is 0 Å². The average molecular weight is 278 g/mol. The third-order valence-electron chi connectivity index (χ3n) is 2.22. The van der Waals surface area contributed by atoms with Crippen LogP contribution in [0.3, 0.4) is 0 Å². The largest absolute Gasteiger partial charge is 0.478 e. The summed E-state index contributed by atoms with van der Waals surface area (Å²) in [6.45, 7) is 0. The number of carboxylic acids is 1. The number of aliphatic hydroxyl groups is 2. The minimum atomic E-state index is -1.24. The fourth-order valence-corrected chi connectivity index (χ4v) is 1.74. The Kier molecular flexibility index (Phi) is 5.20. The number of aromatic nitrogens is 1. The number of aromatic carboxylic acids is 1. The number of hydrogen-bond acceptors (Lipinski definition) is 5. The van der Waals surface area contributed by atoms with Crippen LogP contribution in [0.4, 0.5) is 0 Å². The first kappa shape index (κ1) is 14.2. The molecule has 5 nitrogen and oxygen atoms in total. The van der Waals surface area contributed by atoms with Crippen LogP contribution in [-0.4, -0.2) is 38.1 Å². The monoisotopic (exact) mass is 277 g/mol. The molecule has 0 aromatic carbocycles. The van der Waals surface area contributed by atoms with Gasteiger partial charge in [-0.05, 0) is 18.2 Å². The second-order valence-electron chi connectivity index (χ2n) is 3.44. The molecule has 1 aromatic heterocycles. The van der Waals surface area contributed by atoms with Crippen molar-refractivity contribution in [3.05, 3.63) is 28.5 Å². The molecule has 0 saturated carbocycles. The number of halogens is 1. The van der Waals surface area contributed by atoms with Crippen LogP contribution in [0.15, 0.2) is 12.3 Å². The van der Waals surface area contributed by atoms with Crippen molar-refractivity contribution in [2.45, 2.75) is 18.6 Å². The van der Waals surface area contributed by atoms with Crippen LogP contribution in [-0.2, 0) is 0 Å². The van der Waals surface area contributed by atoms with Gasteiger partial charge >= 0.3 is 5.97 Å². The molecule has 1 heterocycles. The van der Waals surface area contributed by atoms with Gasteiger partial charge in [-0.25, -0.2) is 9.78 Å². The van der Waals surface area contributed by atoms with Crippen molar-refractivity contribution < 1.29 is 20.1 Å². The molecule has 0 fully saturated rings. The molecule has 0 amide bonds. The highest BCUT2D eigenvalue weighted by Crippen LogP contribution is 2.22. The number of pyridine rings is 1. The highest BCUT2D eigenvalue weighted by Gasteiger charge is 2.20. The summed E-state index contributed by atoms with van der Waals surface area (Å²) in [7, 11) is 0. The molecule has 1 rings (SSSR count). The van der Waals surface area contributed by atoms with Gasteiger partial charge in [0.1, 0.15) is 11.3 Å². The van der Waals surface area contributed by atoms with Gasteiger partial charge < -0.3 is 15.3 Å². The molecular formula is C10H12ClNO4S. The number of hydrogen-bond donors (Lipinski definition) is 4. The van der Waals surface area contributed by atoms with Crippen LogP contribution in [0.25, 0.3) is 0 Å². The van der Waals surface area contributed by atoms with E-state index in [9.17, 15) is 15.0 Å². The van der Waals surface area contributed by atoms with E-state index in [0.717, 1.165) is 0 Å². The summed E-state index contributed by atoms with van der Waals surface area (Å²) in [6.07, 6.45) is -0.696. The minimum absolute atomic E-state index is 0.155. The Hall–Kier alpha value is -0.820. The maximum Gasteiger partial charge on any atom is 0.338 e. The van der Waals surface area contributed by atoms with Gasteiger partial charge in [0.05, 0.1) is 11.7 Å². The van der Waals surface area contributed by atoms with Crippen molar-refractivity contribution in [2.24, 2.45) is 0 Å². The van der Waals surface area contributed by atoms with Crippen molar-refractivity contribution in [2.75, 3.05) is 5.75 Å². The lowest BCUT2D eigenvalue weighted by atomic mass is 10.0. The highest BCUT2D eigenvalue weighted by molar-refractivity contribution is 7.80. The lowest BCUT2D eigenvalue weighted by molar-refractivity contribution is 0.0169. The molecule has 1 aromatic rings. The third-order valence-corrected chi connectivity index (χ3v) is 2.78. The Balaban J connectivity index is 2.99. The Morgan fingerprint density at radius 1 is 1.53 bits per heavy atom. The SMILES string of the molecule is O=C(O)c1cc(C(O)C(O)CCS)cnc1Cl. The molecule has 0 radical (unpaired) electrons. The molecule has 0 bridgehead atoms. The molecule has 0 aliphatic rings. The van der Waals surface area contributed by atoms with E-state index >= 15 is 0 Å². The van der Waals surface area contributed by atoms with Gasteiger partial charge in [-0.15, -0.1) is 0 Å². The zero-order valence-corrected chi connectivity index (χ0v) is 10.4. The van der Waals surface area contributed by atoms with Gasteiger partial charge in [0.2, 0.25) is 0 Å². The number of thiol groups is 1. The Morgan fingerprint density at radius 3 is 2.71 bits per heavy atom. The third kappa shape index (κ3) is 3.57. The molecule has 3 N–H and O–H groups in total. The average Bonchev–Trinajstić information content (AvgIpc) is 2.28. The van der Waals surface area contributed by atoms with E-state index in [4.69, 9.17) is 16.7 Å². The number of aliphatic hydroxyl groups excluding tert-OH is 2. The highest BCUT2D eigenvalue weighted by atomic mass is 35.5. The number of carboxylic acid groups (broad SMARTS) is 1. The zero-order chi connectivity index (χ0) is 13.0. The summed E-state index contributed by atoms with van der Waals surface area (Å²) in [5.74, 6) is -0.828. The molecule has 7 heteroatoms. The van der Waals surface area contributed by atoms with E-state index in [0.29, 0.717) is 5.75 Å². The van der Waals surface area contributed by atoms with Crippen molar-refractivity contribution >= 4 is 30.2 Å². The summed E-state index contributed by atoms with van der Waals surface area (Å²) >= 11 is 9.52. The first-order valence-corrected chi connectivity index (χ1v) is 5.84. The first-order valence-electron chi connectivity index (χ1n) is 4.83. The number of nitrogens with zero attached hydrogens (tertiary/aromatic N) is 1. The van der Waals surface area contributed by atoms with Crippen molar-refractivity contribution in [3.8, 4) is 0 Å². The Bertz CT molecular complexity index is 415. The number of carbonyl (C=O) groups is 1. The molecule has 0 saturated heterocycles. The van der Waals surface area contributed by atoms with E-state index in [1.165, 1.54) is 12.3 Å². The standard InChI is InChI=1S/C10H12ClNO4S/c11-9-6(10(15)16)3-5(4-12-9)8(14)7(13)1-2-17/h3-4,7-8,13-14,17H,1-2H2,(H,15,16). The molecule has 0 aliphatic heterocycles.